The van der Waals surface area contributed by atoms with Crippen LogP contribution >= 0.6 is 27.7 Å². The van der Waals surface area contributed by atoms with Gasteiger partial charge in [0.25, 0.3) is 0 Å². The summed E-state index contributed by atoms with van der Waals surface area (Å²) in [4.78, 5) is 15.8. The molecule has 1 aliphatic heterocycles. The highest BCUT2D eigenvalue weighted by atomic mass is 79.9. The minimum atomic E-state index is -0.0390. The van der Waals surface area contributed by atoms with Gasteiger partial charge in [-0.15, -0.1) is 11.8 Å². The van der Waals surface area contributed by atoms with Crippen molar-refractivity contribution in [2.75, 3.05) is 37.3 Å². The van der Waals surface area contributed by atoms with Gasteiger partial charge in [0.15, 0.2) is 0 Å². The Bertz CT molecular complexity index is 869. The number of carbonyl (C=O) groups is 1. The molecule has 0 spiro atoms. The Morgan fingerprint density at radius 3 is 2.86 bits per heavy atom. The maximum Gasteiger partial charge on any atom is 0.238 e. The Kier molecular flexibility index (Phi) is 8.13. The molecular formula is C22H24BrN3O2S. The van der Waals surface area contributed by atoms with E-state index in [9.17, 15) is 4.79 Å². The van der Waals surface area contributed by atoms with Gasteiger partial charge in [0.2, 0.25) is 5.91 Å². The van der Waals surface area contributed by atoms with E-state index in [1.165, 1.54) is 0 Å². The number of nitrogens with zero attached hydrogens (tertiary/aromatic N) is 2. The van der Waals surface area contributed by atoms with Gasteiger partial charge in [-0.05, 0) is 36.8 Å². The molecule has 29 heavy (non-hydrogen) atoms. The van der Waals surface area contributed by atoms with E-state index in [4.69, 9.17) is 10.00 Å². The third kappa shape index (κ3) is 6.58. The predicted molar refractivity (Wildman–Crippen MR) is 120 cm³/mol. The van der Waals surface area contributed by atoms with Gasteiger partial charge in [0, 0.05) is 28.2 Å². The number of ether oxygens (including phenoxy) is 1. The van der Waals surface area contributed by atoms with Gasteiger partial charge < -0.3 is 10.1 Å². The zero-order chi connectivity index (χ0) is 20.6. The first kappa shape index (κ1) is 21.8. The third-order valence-electron chi connectivity index (χ3n) is 4.63. The summed E-state index contributed by atoms with van der Waals surface area (Å²) in [7, 11) is 0. The number of carbonyl (C=O) groups excluding carboxylic acids is 1. The van der Waals surface area contributed by atoms with E-state index in [1.807, 2.05) is 55.5 Å². The topological polar surface area (TPSA) is 65.4 Å². The molecule has 0 aliphatic carbocycles. The van der Waals surface area contributed by atoms with Gasteiger partial charge in [0.1, 0.15) is 0 Å². The molecule has 1 heterocycles. The maximum atomic E-state index is 12.7. The molecule has 0 bridgehead atoms. The van der Waals surface area contributed by atoms with Crippen molar-refractivity contribution in [1.82, 2.24) is 4.90 Å². The zero-order valence-corrected chi connectivity index (χ0v) is 18.7. The number of nitriles is 1. The van der Waals surface area contributed by atoms with Crippen LogP contribution in [0.4, 0.5) is 5.69 Å². The van der Waals surface area contributed by atoms with Crippen molar-refractivity contribution >= 4 is 39.3 Å². The highest BCUT2D eigenvalue weighted by Gasteiger charge is 2.23. The average Bonchev–Trinajstić information content (AvgIpc) is 2.73. The fraction of sp³-hybridized carbons (Fsp3) is 0.364. The van der Waals surface area contributed by atoms with Crippen LogP contribution in [0.3, 0.4) is 0 Å². The molecule has 0 radical (unpaired) electrons. The van der Waals surface area contributed by atoms with Crippen LogP contribution in [-0.2, 0) is 9.53 Å². The molecule has 7 heteroatoms. The fourth-order valence-electron chi connectivity index (χ4n) is 3.07. The van der Waals surface area contributed by atoms with Crippen molar-refractivity contribution in [3.05, 3.63) is 58.6 Å². The fourth-order valence-corrected chi connectivity index (χ4v) is 4.28. The second kappa shape index (κ2) is 10.8. The lowest BCUT2D eigenvalue weighted by molar-refractivity contribution is -0.119. The van der Waals surface area contributed by atoms with E-state index < -0.39 is 0 Å². The number of morpholine rings is 1. The number of hydrogen-bond donors (Lipinski definition) is 1. The molecule has 0 aromatic heterocycles. The maximum absolute atomic E-state index is 12.7. The summed E-state index contributed by atoms with van der Waals surface area (Å²) in [6.07, 6.45) is -0.0278. The Labute approximate surface area is 184 Å². The molecule has 2 aromatic rings. The van der Waals surface area contributed by atoms with Crippen molar-refractivity contribution in [2.24, 2.45) is 5.92 Å². The molecule has 1 N–H and O–H groups in total. The van der Waals surface area contributed by atoms with Crippen molar-refractivity contribution in [1.29, 1.82) is 5.26 Å². The molecule has 2 unspecified atom stereocenters. The Balaban J connectivity index is 1.57. The van der Waals surface area contributed by atoms with Crippen molar-refractivity contribution < 1.29 is 9.53 Å². The summed E-state index contributed by atoms with van der Waals surface area (Å²) in [6, 6.07) is 18.1. The second-order valence-corrected chi connectivity index (χ2v) is 9.01. The van der Waals surface area contributed by atoms with Gasteiger partial charge in [-0.1, -0.05) is 40.2 Å². The number of nitrogens with one attached hydrogen (secondary N) is 1. The SMILES string of the molecule is CC(C#N)CSc1ccccc1NC(=O)CN1CCOC(c2ccc(Br)cc2)C1. The average molecular weight is 474 g/mol. The summed E-state index contributed by atoms with van der Waals surface area (Å²) in [6.45, 7) is 4.24. The van der Waals surface area contributed by atoms with E-state index in [0.29, 0.717) is 25.4 Å². The zero-order valence-electron chi connectivity index (χ0n) is 16.3. The molecule has 0 saturated carbocycles. The number of rotatable bonds is 7. The van der Waals surface area contributed by atoms with Gasteiger partial charge in [-0.25, -0.2) is 0 Å². The molecule has 1 aliphatic rings. The van der Waals surface area contributed by atoms with Crippen LogP contribution in [0.15, 0.2) is 57.9 Å². The largest absolute Gasteiger partial charge is 0.371 e. The summed E-state index contributed by atoms with van der Waals surface area (Å²) in [5.41, 5.74) is 1.91. The quantitative estimate of drug-likeness (QED) is 0.589. The van der Waals surface area contributed by atoms with Crippen molar-refractivity contribution in [3.63, 3.8) is 0 Å². The smallest absolute Gasteiger partial charge is 0.238 e. The number of para-hydroxylation sites is 1. The van der Waals surface area contributed by atoms with Crippen LogP contribution in [0.25, 0.3) is 0 Å². The molecule has 3 rings (SSSR count). The number of thioether (sulfide) groups is 1. The minimum absolute atomic E-state index is 0.0278. The second-order valence-electron chi connectivity index (χ2n) is 7.03. The highest BCUT2D eigenvalue weighted by molar-refractivity contribution is 9.10. The van der Waals surface area contributed by atoms with Crippen LogP contribution in [0.5, 0.6) is 0 Å². The molecule has 1 fully saturated rings. The number of hydrogen-bond acceptors (Lipinski definition) is 5. The lowest BCUT2D eigenvalue weighted by atomic mass is 10.1. The minimum Gasteiger partial charge on any atom is -0.371 e. The first-order valence-corrected chi connectivity index (χ1v) is 11.3. The molecule has 1 amide bonds. The monoisotopic (exact) mass is 473 g/mol. The Morgan fingerprint density at radius 1 is 1.34 bits per heavy atom. The first-order valence-electron chi connectivity index (χ1n) is 9.56. The van der Waals surface area contributed by atoms with E-state index in [0.717, 1.165) is 27.2 Å². The molecule has 2 aromatic carbocycles. The molecule has 5 nitrogen and oxygen atoms in total. The summed E-state index contributed by atoms with van der Waals surface area (Å²) < 4.78 is 6.94. The molecule has 2 atom stereocenters. The third-order valence-corrected chi connectivity index (χ3v) is 6.49. The summed E-state index contributed by atoms with van der Waals surface area (Å²) in [5.74, 6) is 0.623. The lowest BCUT2D eigenvalue weighted by Crippen LogP contribution is -2.42. The van der Waals surface area contributed by atoms with Crippen molar-refractivity contribution in [3.8, 4) is 6.07 Å². The van der Waals surface area contributed by atoms with Crippen LogP contribution in [-0.4, -0.2) is 42.8 Å². The Hall–Kier alpha value is -1.85. The summed E-state index contributed by atoms with van der Waals surface area (Å²) in [5, 5.41) is 12.0. The first-order chi connectivity index (χ1) is 14.0. The lowest BCUT2D eigenvalue weighted by Gasteiger charge is -2.32. The number of benzene rings is 2. The van der Waals surface area contributed by atoms with Gasteiger partial charge in [-0.2, -0.15) is 5.26 Å². The standard InChI is InChI=1S/C22H24BrN3O2S/c1-16(12-24)15-29-21-5-3-2-4-19(21)25-22(27)14-26-10-11-28-20(13-26)17-6-8-18(23)9-7-17/h2-9,16,20H,10-11,13-15H2,1H3,(H,25,27). The van der Waals surface area contributed by atoms with Crippen LogP contribution in [0.1, 0.15) is 18.6 Å². The summed E-state index contributed by atoms with van der Waals surface area (Å²) >= 11 is 5.04. The normalized spacial score (nSPS) is 18.0. The highest BCUT2D eigenvalue weighted by Crippen LogP contribution is 2.29. The number of halogens is 1. The van der Waals surface area contributed by atoms with E-state index in [2.05, 4.69) is 32.2 Å². The molecule has 152 valence electrons. The predicted octanol–water partition coefficient (Wildman–Crippen LogP) is 4.71. The van der Waals surface area contributed by atoms with E-state index in [-0.39, 0.29) is 17.9 Å². The van der Waals surface area contributed by atoms with Crippen LogP contribution in [0.2, 0.25) is 0 Å². The van der Waals surface area contributed by atoms with Crippen molar-refractivity contribution in [2.45, 2.75) is 17.9 Å². The number of anilines is 1. The number of amides is 1. The van der Waals surface area contributed by atoms with Gasteiger partial charge >= 0.3 is 0 Å². The van der Waals surface area contributed by atoms with Crippen LogP contribution in [0, 0.1) is 17.2 Å². The van der Waals surface area contributed by atoms with Gasteiger partial charge in [-0.3, -0.25) is 9.69 Å². The molecular weight excluding hydrogens is 450 g/mol. The van der Waals surface area contributed by atoms with Gasteiger partial charge in [0.05, 0.1) is 36.9 Å². The van der Waals surface area contributed by atoms with E-state index >= 15 is 0 Å². The molecule has 1 saturated heterocycles. The van der Waals surface area contributed by atoms with Crippen LogP contribution < -0.4 is 5.32 Å². The Morgan fingerprint density at radius 2 is 2.10 bits per heavy atom. The van der Waals surface area contributed by atoms with E-state index in [1.54, 1.807) is 11.8 Å².